The van der Waals surface area contributed by atoms with Crippen LogP contribution < -0.4 is 5.32 Å². The lowest BCUT2D eigenvalue weighted by Crippen LogP contribution is -2.09. The molecule has 5 heteroatoms. The minimum absolute atomic E-state index is 0.00417. The number of hydrogen-bond donors (Lipinski definition) is 1. The van der Waals surface area contributed by atoms with Gasteiger partial charge in [-0.3, -0.25) is 9.67 Å². The molecule has 0 spiro atoms. The molecular weight excluding hydrogens is 207 g/mol. The lowest BCUT2D eigenvalue weighted by Gasteiger charge is -2.12. The van der Waals surface area contributed by atoms with Crippen molar-refractivity contribution in [2.45, 2.75) is 13.0 Å². The van der Waals surface area contributed by atoms with Crippen LogP contribution in [-0.4, -0.2) is 14.8 Å². The largest absolute Gasteiger partial charge is 0.361 e. The van der Waals surface area contributed by atoms with Gasteiger partial charge in [0.15, 0.2) is 0 Å². The average Bonchev–Trinajstić information content (AvgIpc) is 2.65. The van der Waals surface area contributed by atoms with Crippen LogP contribution in [0.1, 0.15) is 18.7 Å². The Bertz CT molecular complexity index is 463. The van der Waals surface area contributed by atoms with Crippen LogP contribution >= 0.6 is 0 Å². The van der Waals surface area contributed by atoms with Gasteiger partial charge >= 0.3 is 0 Å². The summed E-state index contributed by atoms with van der Waals surface area (Å²) in [6.07, 6.45) is 3.07. The van der Waals surface area contributed by atoms with Gasteiger partial charge in [0.05, 0.1) is 17.9 Å². The SMILES string of the molecule is CC(Nc1ccn(C)n1)c1ccc(F)cn1. The third-order valence-corrected chi connectivity index (χ3v) is 2.27. The maximum absolute atomic E-state index is 12.7. The molecule has 4 nitrogen and oxygen atoms in total. The predicted octanol–water partition coefficient (Wildman–Crippen LogP) is 2.13. The summed E-state index contributed by atoms with van der Waals surface area (Å²) in [6, 6.07) is 4.94. The molecule has 0 radical (unpaired) electrons. The second-order valence-electron chi connectivity index (χ2n) is 3.64. The average molecular weight is 220 g/mol. The number of anilines is 1. The van der Waals surface area contributed by atoms with E-state index in [1.54, 1.807) is 10.7 Å². The van der Waals surface area contributed by atoms with E-state index >= 15 is 0 Å². The molecule has 84 valence electrons. The van der Waals surface area contributed by atoms with Crippen molar-refractivity contribution in [3.63, 3.8) is 0 Å². The number of aryl methyl sites for hydroxylation is 1. The number of hydrogen-bond acceptors (Lipinski definition) is 3. The summed E-state index contributed by atoms with van der Waals surface area (Å²) < 4.78 is 14.4. The van der Waals surface area contributed by atoms with Crippen molar-refractivity contribution in [1.82, 2.24) is 14.8 Å². The Morgan fingerprint density at radius 2 is 2.19 bits per heavy atom. The van der Waals surface area contributed by atoms with Crippen molar-refractivity contribution in [2.24, 2.45) is 7.05 Å². The zero-order valence-electron chi connectivity index (χ0n) is 9.18. The van der Waals surface area contributed by atoms with Crippen molar-refractivity contribution >= 4 is 5.82 Å². The molecule has 0 aliphatic carbocycles. The molecule has 16 heavy (non-hydrogen) atoms. The van der Waals surface area contributed by atoms with Gasteiger partial charge in [-0.2, -0.15) is 5.10 Å². The zero-order chi connectivity index (χ0) is 11.5. The van der Waals surface area contributed by atoms with Gasteiger partial charge in [0.2, 0.25) is 0 Å². The van der Waals surface area contributed by atoms with Gasteiger partial charge in [-0.15, -0.1) is 0 Å². The van der Waals surface area contributed by atoms with Gasteiger partial charge in [-0.05, 0) is 19.1 Å². The molecule has 2 heterocycles. The molecule has 0 amide bonds. The fourth-order valence-electron chi connectivity index (χ4n) is 1.43. The van der Waals surface area contributed by atoms with Gasteiger partial charge in [-0.25, -0.2) is 4.39 Å². The summed E-state index contributed by atoms with van der Waals surface area (Å²) in [5.41, 5.74) is 0.784. The Balaban J connectivity index is 2.08. The maximum atomic E-state index is 12.7. The van der Waals surface area contributed by atoms with Crippen LogP contribution in [0.25, 0.3) is 0 Å². The summed E-state index contributed by atoms with van der Waals surface area (Å²) >= 11 is 0. The second-order valence-corrected chi connectivity index (χ2v) is 3.64. The lowest BCUT2D eigenvalue weighted by atomic mass is 10.2. The molecule has 0 aliphatic heterocycles. The van der Waals surface area contributed by atoms with Crippen molar-refractivity contribution in [3.8, 4) is 0 Å². The Labute approximate surface area is 93.1 Å². The molecule has 2 rings (SSSR count). The summed E-state index contributed by atoms with van der Waals surface area (Å²) in [6.45, 7) is 1.95. The summed E-state index contributed by atoms with van der Waals surface area (Å²) in [5, 5.41) is 7.38. The van der Waals surface area contributed by atoms with Gasteiger partial charge in [0.25, 0.3) is 0 Å². The van der Waals surface area contributed by atoms with E-state index in [1.807, 2.05) is 26.2 Å². The fourth-order valence-corrected chi connectivity index (χ4v) is 1.43. The van der Waals surface area contributed by atoms with E-state index in [0.29, 0.717) is 0 Å². The molecule has 1 unspecified atom stereocenters. The molecule has 2 aromatic rings. The normalized spacial score (nSPS) is 12.4. The van der Waals surface area contributed by atoms with E-state index in [9.17, 15) is 4.39 Å². The summed E-state index contributed by atoms with van der Waals surface area (Å²) in [7, 11) is 1.85. The molecule has 0 saturated carbocycles. The number of halogens is 1. The molecule has 1 N–H and O–H groups in total. The van der Waals surface area contributed by atoms with E-state index in [1.165, 1.54) is 12.3 Å². The van der Waals surface area contributed by atoms with Gasteiger partial charge < -0.3 is 5.32 Å². The van der Waals surface area contributed by atoms with Gasteiger partial charge in [0, 0.05) is 19.3 Å². The van der Waals surface area contributed by atoms with Crippen LogP contribution in [0.3, 0.4) is 0 Å². The Morgan fingerprint density at radius 1 is 1.38 bits per heavy atom. The minimum Gasteiger partial charge on any atom is -0.361 e. The van der Waals surface area contributed by atoms with Crippen molar-refractivity contribution in [1.29, 1.82) is 0 Å². The van der Waals surface area contributed by atoms with Gasteiger partial charge in [-0.1, -0.05) is 0 Å². The third-order valence-electron chi connectivity index (χ3n) is 2.27. The van der Waals surface area contributed by atoms with Crippen LogP contribution in [0.4, 0.5) is 10.2 Å². The number of nitrogens with one attached hydrogen (secondary N) is 1. The highest BCUT2D eigenvalue weighted by Crippen LogP contribution is 2.15. The lowest BCUT2D eigenvalue weighted by molar-refractivity contribution is 0.617. The number of rotatable bonds is 3. The molecule has 2 aromatic heterocycles. The Hall–Kier alpha value is -1.91. The fraction of sp³-hybridized carbons (Fsp3) is 0.273. The Kier molecular flexibility index (Phi) is 2.85. The standard InChI is InChI=1S/C11H13FN4/c1-8(10-4-3-9(12)7-13-10)14-11-5-6-16(2)15-11/h3-8H,1-2H3,(H,14,15). The molecule has 0 fully saturated rings. The molecule has 0 aliphatic rings. The summed E-state index contributed by atoms with van der Waals surface area (Å²) in [5.74, 6) is 0.454. The van der Waals surface area contributed by atoms with Crippen LogP contribution in [-0.2, 0) is 7.05 Å². The first-order valence-electron chi connectivity index (χ1n) is 5.03. The minimum atomic E-state index is -0.325. The van der Waals surface area contributed by atoms with Crippen LogP contribution in [0.15, 0.2) is 30.6 Å². The molecule has 0 bridgehead atoms. The Morgan fingerprint density at radius 3 is 2.75 bits per heavy atom. The third kappa shape index (κ3) is 2.36. The van der Waals surface area contributed by atoms with Crippen LogP contribution in [0, 0.1) is 5.82 Å². The number of pyridine rings is 1. The van der Waals surface area contributed by atoms with E-state index in [-0.39, 0.29) is 11.9 Å². The maximum Gasteiger partial charge on any atom is 0.148 e. The van der Waals surface area contributed by atoms with Crippen molar-refractivity contribution in [2.75, 3.05) is 5.32 Å². The zero-order valence-corrected chi connectivity index (χ0v) is 9.18. The first kappa shape index (κ1) is 10.6. The predicted molar refractivity (Wildman–Crippen MR) is 59.4 cm³/mol. The summed E-state index contributed by atoms with van der Waals surface area (Å²) in [4.78, 5) is 4.01. The quantitative estimate of drug-likeness (QED) is 0.861. The smallest absolute Gasteiger partial charge is 0.148 e. The highest BCUT2D eigenvalue weighted by molar-refractivity contribution is 5.35. The highest BCUT2D eigenvalue weighted by atomic mass is 19.1. The van der Waals surface area contributed by atoms with Crippen LogP contribution in [0.5, 0.6) is 0 Å². The monoisotopic (exact) mass is 220 g/mol. The number of nitrogens with zero attached hydrogens (tertiary/aromatic N) is 3. The molecular formula is C11H13FN4. The molecule has 0 aromatic carbocycles. The van der Waals surface area contributed by atoms with E-state index < -0.39 is 0 Å². The van der Waals surface area contributed by atoms with E-state index in [0.717, 1.165) is 11.5 Å². The first-order chi connectivity index (χ1) is 7.65. The van der Waals surface area contributed by atoms with Crippen LogP contribution in [0.2, 0.25) is 0 Å². The van der Waals surface area contributed by atoms with Crippen molar-refractivity contribution in [3.05, 3.63) is 42.1 Å². The highest BCUT2D eigenvalue weighted by Gasteiger charge is 2.07. The van der Waals surface area contributed by atoms with E-state index in [4.69, 9.17) is 0 Å². The van der Waals surface area contributed by atoms with Gasteiger partial charge in [0.1, 0.15) is 11.6 Å². The van der Waals surface area contributed by atoms with E-state index in [2.05, 4.69) is 15.4 Å². The second kappa shape index (κ2) is 4.30. The topological polar surface area (TPSA) is 42.7 Å². The number of aromatic nitrogens is 3. The molecule has 0 saturated heterocycles. The van der Waals surface area contributed by atoms with Crippen molar-refractivity contribution < 1.29 is 4.39 Å². The first-order valence-corrected chi connectivity index (χ1v) is 5.03. The molecule has 1 atom stereocenters.